The van der Waals surface area contributed by atoms with Crippen molar-refractivity contribution in [3.8, 4) is 5.75 Å². The minimum Gasteiger partial charge on any atom is -0.486 e. The number of amides is 1. The monoisotopic (exact) mass is 391 g/mol. The average Bonchev–Trinajstić information content (AvgIpc) is 3.13. The lowest BCUT2D eigenvalue weighted by Gasteiger charge is -2.11. The van der Waals surface area contributed by atoms with E-state index < -0.39 is 0 Å². The number of aryl methyl sites for hydroxylation is 1. The highest BCUT2D eigenvalue weighted by atomic mass is 35.5. The number of pyridine rings is 1. The molecule has 5 nitrogen and oxygen atoms in total. The number of anilines is 1. The molecule has 2 heterocycles. The van der Waals surface area contributed by atoms with Gasteiger partial charge in [-0.3, -0.25) is 4.79 Å². The Hall–Kier alpha value is -3.31. The summed E-state index contributed by atoms with van der Waals surface area (Å²) >= 11 is 6.13. The maximum Gasteiger partial charge on any atom is 0.259 e. The van der Waals surface area contributed by atoms with E-state index in [4.69, 9.17) is 16.3 Å². The third-order valence-corrected chi connectivity index (χ3v) is 4.69. The van der Waals surface area contributed by atoms with Crippen molar-refractivity contribution in [2.24, 2.45) is 0 Å². The zero-order chi connectivity index (χ0) is 19.5. The molecule has 0 unspecified atom stereocenters. The van der Waals surface area contributed by atoms with Crippen molar-refractivity contribution in [3.63, 3.8) is 0 Å². The molecular formula is C22H18ClN3O2. The van der Waals surface area contributed by atoms with Crippen LogP contribution >= 0.6 is 11.6 Å². The number of ether oxygens (including phenoxy) is 1. The maximum absolute atomic E-state index is 12.7. The molecule has 0 aliphatic carbocycles. The van der Waals surface area contributed by atoms with Gasteiger partial charge < -0.3 is 14.5 Å². The molecule has 0 aliphatic rings. The standard InChI is InChI=1S/C22H18ClN3O2/c1-15-7-6-12-26-13-16(24-21(15)26)14-28-20-11-5-2-8-17(20)22(27)25-19-10-4-3-9-18(19)23/h2-13H,14H2,1H3,(H,25,27). The Morgan fingerprint density at radius 3 is 2.71 bits per heavy atom. The Morgan fingerprint density at radius 1 is 1.11 bits per heavy atom. The van der Waals surface area contributed by atoms with Gasteiger partial charge in [0.1, 0.15) is 18.0 Å². The first-order chi connectivity index (χ1) is 13.6. The van der Waals surface area contributed by atoms with Gasteiger partial charge >= 0.3 is 0 Å². The van der Waals surface area contributed by atoms with Gasteiger partial charge in [0.05, 0.1) is 22.0 Å². The van der Waals surface area contributed by atoms with Gasteiger partial charge in [-0.25, -0.2) is 4.98 Å². The summed E-state index contributed by atoms with van der Waals surface area (Å²) in [4.78, 5) is 17.3. The van der Waals surface area contributed by atoms with Crippen molar-refractivity contribution in [1.29, 1.82) is 0 Å². The fourth-order valence-electron chi connectivity index (χ4n) is 2.96. The average molecular weight is 392 g/mol. The molecule has 6 heteroatoms. The first-order valence-corrected chi connectivity index (χ1v) is 9.20. The number of hydrogen-bond donors (Lipinski definition) is 1. The van der Waals surface area contributed by atoms with Crippen LogP contribution in [0.2, 0.25) is 5.02 Å². The van der Waals surface area contributed by atoms with Gasteiger partial charge in [-0.2, -0.15) is 0 Å². The summed E-state index contributed by atoms with van der Waals surface area (Å²) in [5.74, 6) is 0.204. The molecule has 0 bridgehead atoms. The SMILES string of the molecule is Cc1cccn2cc(COc3ccccc3C(=O)Nc3ccccc3Cl)nc12. The number of carbonyl (C=O) groups excluding carboxylic acids is 1. The molecule has 0 radical (unpaired) electrons. The van der Waals surface area contributed by atoms with E-state index in [0.29, 0.717) is 22.0 Å². The van der Waals surface area contributed by atoms with Gasteiger partial charge in [0.15, 0.2) is 0 Å². The van der Waals surface area contributed by atoms with Crippen LogP contribution in [0.25, 0.3) is 5.65 Å². The zero-order valence-corrected chi connectivity index (χ0v) is 16.0. The van der Waals surface area contributed by atoms with Crippen LogP contribution < -0.4 is 10.1 Å². The van der Waals surface area contributed by atoms with Gasteiger partial charge in [-0.15, -0.1) is 0 Å². The quantitative estimate of drug-likeness (QED) is 0.513. The molecule has 1 amide bonds. The van der Waals surface area contributed by atoms with Gasteiger partial charge in [0, 0.05) is 12.4 Å². The smallest absolute Gasteiger partial charge is 0.259 e. The highest BCUT2D eigenvalue weighted by Gasteiger charge is 2.14. The van der Waals surface area contributed by atoms with E-state index in [1.165, 1.54) is 0 Å². The topological polar surface area (TPSA) is 55.6 Å². The lowest BCUT2D eigenvalue weighted by Crippen LogP contribution is -2.14. The highest BCUT2D eigenvalue weighted by Crippen LogP contribution is 2.24. The van der Waals surface area contributed by atoms with Crippen molar-refractivity contribution >= 4 is 28.8 Å². The van der Waals surface area contributed by atoms with Crippen molar-refractivity contribution in [3.05, 3.63) is 94.9 Å². The number of nitrogens with zero attached hydrogens (tertiary/aromatic N) is 2. The summed E-state index contributed by atoms with van der Waals surface area (Å²) in [5, 5.41) is 3.30. The first-order valence-electron chi connectivity index (χ1n) is 8.83. The molecule has 4 aromatic rings. The van der Waals surface area contributed by atoms with Crippen LogP contribution in [0.1, 0.15) is 21.6 Å². The van der Waals surface area contributed by atoms with Crippen LogP contribution in [-0.2, 0) is 6.61 Å². The lowest BCUT2D eigenvalue weighted by atomic mass is 10.2. The predicted octanol–water partition coefficient (Wildman–Crippen LogP) is 5.13. The van der Waals surface area contributed by atoms with E-state index in [0.717, 1.165) is 16.9 Å². The Bertz CT molecular complexity index is 1150. The largest absolute Gasteiger partial charge is 0.486 e. The summed E-state index contributed by atoms with van der Waals surface area (Å²) in [6.07, 6.45) is 3.87. The molecular weight excluding hydrogens is 374 g/mol. The molecule has 0 fully saturated rings. The van der Waals surface area contributed by atoms with E-state index in [2.05, 4.69) is 10.3 Å². The number of halogens is 1. The van der Waals surface area contributed by atoms with Crippen molar-refractivity contribution < 1.29 is 9.53 Å². The van der Waals surface area contributed by atoms with Gasteiger partial charge in [-0.05, 0) is 42.8 Å². The first kappa shape index (κ1) is 18.1. The van der Waals surface area contributed by atoms with Gasteiger partial charge in [0.25, 0.3) is 5.91 Å². The van der Waals surface area contributed by atoms with Crippen molar-refractivity contribution in [2.45, 2.75) is 13.5 Å². The zero-order valence-electron chi connectivity index (χ0n) is 15.2. The Morgan fingerprint density at radius 2 is 1.89 bits per heavy atom. The maximum atomic E-state index is 12.7. The molecule has 0 saturated heterocycles. The third-order valence-electron chi connectivity index (χ3n) is 4.36. The fourth-order valence-corrected chi connectivity index (χ4v) is 3.14. The van der Waals surface area contributed by atoms with E-state index in [1.807, 2.05) is 54.0 Å². The van der Waals surface area contributed by atoms with Crippen LogP contribution in [0.15, 0.2) is 73.1 Å². The summed E-state index contributed by atoms with van der Waals surface area (Å²) in [5.41, 5.74) is 3.76. The second-order valence-corrected chi connectivity index (χ2v) is 6.78. The highest BCUT2D eigenvalue weighted by molar-refractivity contribution is 6.33. The van der Waals surface area contributed by atoms with Crippen LogP contribution in [0, 0.1) is 6.92 Å². The number of benzene rings is 2. The molecule has 28 heavy (non-hydrogen) atoms. The number of para-hydroxylation sites is 2. The van der Waals surface area contributed by atoms with E-state index in [9.17, 15) is 4.79 Å². The second-order valence-electron chi connectivity index (χ2n) is 6.37. The second kappa shape index (κ2) is 7.74. The lowest BCUT2D eigenvalue weighted by molar-refractivity contribution is 0.102. The molecule has 4 rings (SSSR count). The Kier molecular flexibility index (Phi) is 5.00. The Labute approximate surface area is 167 Å². The van der Waals surface area contributed by atoms with Crippen LogP contribution in [0.3, 0.4) is 0 Å². The number of nitrogens with one attached hydrogen (secondary N) is 1. The van der Waals surface area contributed by atoms with Crippen LogP contribution in [-0.4, -0.2) is 15.3 Å². The minimum absolute atomic E-state index is 0.261. The summed E-state index contributed by atoms with van der Waals surface area (Å²) < 4.78 is 7.87. The number of aromatic nitrogens is 2. The number of rotatable bonds is 5. The molecule has 2 aromatic carbocycles. The van der Waals surface area contributed by atoms with Crippen LogP contribution in [0.5, 0.6) is 5.75 Å². The molecule has 1 N–H and O–H groups in total. The number of hydrogen-bond acceptors (Lipinski definition) is 3. The van der Waals surface area contributed by atoms with Gasteiger partial charge in [0.2, 0.25) is 0 Å². The summed E-state index contributed by atoms with van der Waals surface area (Å²) in [6.45, 7) is 2.28. The third kappa shape index (κ3) is 3.70. The van der Waals surface area contributed by atoms with Gasteiger partial charge in [-0.1, -0.05) is 41.9 Å². The van der Waals surface area contributed by atoms with E-state index in [-0.39, 0.29) is 12.5 Å². The molecule has 0 aliphatic heterocycles. The number of carbonyl (C=O) groups is 1. The normalized spacial score (nSPS) is 10.8. The fraction of sp³-hybridized carbons (Fsp3) is 0.0909. The molecule has 0 atom stereocenters. The molecule has 140 valence electrons. The number of fused-ring (bicyclic) bond motifs is 1. The van der Waals surface area contributed by atoms with Crippen molar-refractivity contribution in [2.75, 3.05) is 5.32 Å². The van der Waals surface area contributed by atoms with E-state index >= 15 is 0 Å². The summed E-state index contributed by atoms with van der Waals surface area (Å²) in [7, 11) is 0. The van der Waals surface area contributed by atoms with Crippen molar-refractivity contribution in [1.82, 2.24) is 9.38 Å². The molecule has 0 spiro atoms. The Balaban J connectivity index is 1.53. The predicted molar refractivity (Wildman–Crippen MR) is 110 cm³/mol. The van der Waals surface area contributed by atoms with E-state index in [1.54, 1.807) is 30.3 Å². The minimum atomic E-state index is -0.283. The molecule has 0 saturated carbocycles. The summed E-state index contributed by atoms with van der Waals surface area (Å²) in [6, 6.07) is 18.2. The molecule has 2 aromatic heterocycles. The number of imidazole rings is 1. The van der Waals surface area contributed by atoms with Crippen LogP contribution in [0.4, 0.5) is 5.69 Å².